The van der Waals surface area contributed by atoms with Crippen molar-refractivity contribution in [1.82, 2.24) is 9.97 Å². The van der Waals surface area contributed by atoms with Crippen LogP contribution in [0.4, 0.5) is 0 Å². The van der Waals surface area contributed by atoms with Gasteiger partial charge in [0.05, 0.1) is 11.0 Å². The van der Waals surface area contributed by atoms with E-state index in [-0.39, 0.29) is 0 Å². The van der Waals surface area contributed by atoms with Gasteiger partial charge in [-0.1, -0.05) is 109 Å². The summed E-state index contributed by atoms with van der Waals surface area (Å²) in [4.78, 5) is 10.1. The lowest BCUT2D eigenvalue weighted by atomic mass is 9.91. The van der Waals surface area contributed by atoms with E-state index in [1.165, 1.54) is 54.2 Å². The molecule has 0 atom stereocenters. The zero-order valence-electron chi connectivity index (χ0n) is 22.8. The quantitative estimate of drug-likeness (QED) is 0.163. The summed E-state index contributed by atoms with van der Waals surface area (Å²) in [5.74, 6) is 0. The molecular weight excluding hydrogens is 508 g/mol. The number of aromatic nitrogens is 2. The van der Waals surface area contributed by atoms with Gasteiger partial charge in [-0.25, -0.2) is 0 Å². The minimum absolute atomic E-state index is 0.926. The van der Waals surface area contributed by atoms with E-state index in [1.807, 2.05) is 12.4 Å². The fourth-order valence-corrected chi connectivity index (χ4v) is 6.72. The van der Waals surface area contributed by atoms with Crippen LogP contribution in [0, 0.1) is 0 Å². The molecule has 194 valence electrons. The van der Waals surface area contributed by atoms with Crippen LogP contribution in [0.25, 0.3) is 87.1 Å². The smallest absolute Gasteiger partial charge is 0.0965 e. The number of rotatable bonds is 2. The average molecular weight is 533 g/mol. The van der Waals surface area contributed by atoms with Gasteiger partial charge in [0.25, 0.3) is 0 Å². The number of benzene rings is 7. The van der Waals surface area contributed by atoms with Crippen molar-refractivity contribution in [2.45, 2.75) is 0 Å². The molecule has 0 spiro atoms. The summed E-state index contributed by atoms with van der Waals surface area (Å²) in [7, 11) is 0. The molecule has 0 radical (unpaired) electrons. The van der Waals surface area contributed by atoms with E-state index in [0.29, 0.717) is 0 Å². The Kier molecular flexibility index (Phi) is 4.93. The highest BCUT2D eigenvalue weighted by molar-refractivity contribution is 6.15. The maximum absolute atomic E-state index is 5.04. The van der Waals surface area contributed by atoms with Crippen molar-refractivity contribution < 1.29 is 0 Å². The van der Waals surface area contributed by atoms with Crippen LogP contribution in [0.5, 0.6) is 0 Å². The summed E-state index contributed by atoms with van der Waals surface area (Å²) < 4.78 is 0. The Morgan fingerprint density at radius 2 is 0.643 bits per heavy atom. The molecule has 7 aromatic carbocycles. The largest absolute Gasteiger partial charge is 0.253 e. The fourth-order valence-electron chi connectivity index (χ4n) is 6.72. The summed E-state index contributed by atoms with van der Waals surface area (Å²) in [5, 5.41) is 12.1. The van der Waals surface area contributed by atoms with Crippen molar-refractivity contribution in [3.05, 3.63) is 146 Å². The number of fused-ring (bicyclic) bond motifs is 7. The summed E-state index contributed by atoms with van der Waals surface area (Å²) in [5.41, 5.74) is 6.54. The standard InChI is InChI=1S/C40H24N2/c1-5-13-33-25(9-1)19-26-10-2-6-14-34(26)37(33)31-21-29-17-18-30-22-32(24-42-40(30)39(29)41-23-31)38-35-15-7-3-11-27(35)20-28-12-4-8-16-36(28)38/h1-24H. The minimum Gasteiger partial charge on any atom is -0.253 e. The van der Waals surface area contributed by atoms with Crippen molar-refractivity contribution in [2.75, 3.05) is 0 Å². The molecule has 2 heteroatoms. The number of pyridine rings is 2. The second-order valence-electron chi connectivity index (χ2n) is 11.0. The second kappa shape index (κ2) is 8.95. The average Bonchev–Trinajstić information content (AvgIpc) is 3.05. The van der Waals surface area contributed by atoms with Gasteiger partial charge in [0.15, 0.2) is 0 Å². The van der Waals surface area contributed by atoms with Crippen LogP contribution in [-0.2, 0) is 0 Å². The minimum atomic E-state index is 0.926. The Hall–Kier alpha value is -5.60. The Labute approximate surface area is 242 Å². The van der Waals surface area contributed by atoms with Gasteiger partial charge in [0.1, 0.15) is 0 Å². The fraction of sp³-hybridized carbons (Fsp3) is 0. The molecular formula is C40H24N2. The summed E-state index contributed by atoms with van der Waals surface area (Å²) in [6.45, 7) is 0. The molecule has 0 bridgehead atoms. The van der Waals surface area contributed by atoms with E-state index in [0.717, 1.165) is 32.9 Å². The maximum Gasteiger partial charge on any atom is 0.0965 e. The topological polar surface area (TPSA) is 25.8 Å². The summed E-state index contributed by atoms with van der Waals surface area (Å²) in [6, 6.07) is 47.9. The lowest BCUT2D eigenvalue weighted by molar-refractivity contribution is 1.38. The first-order valence-electron chi connectivity index (χ1n) is 14.3. The van der Waals surface area contributed by atoms with Crippen molar-refractivity contribution in [1.29, 1.82) is 0 Å². The molecule has 2 aromatic heterocycles. The number of hydrogen-bond acceptors (Lipinski definition) is 2. The van der Waals surface area contributed by atoms with Crippen LogP contribution in [0.2, 0.25) is 0 Å². The van der Waals surface area contributed by atoms with Crippen LogP contribution in [-0.4, -0.2) is 9.97 Å². The first kappa shape index (κ1) is 23.1. The molecule has 9 aromatic rings. The molecule has 0 fully saturated rings. The van der Waals surface area contributed by atoms with E-state index in [1.54, 1.807) is 0 Å². The first-order valence-corrected chi connectivity index (χ1v) is 14.3. The SMILES string of the molecule is c1ccc2c(-c3cnc4c(ccc5cc(-c6c7ccccc7cc7ccccc67)cnc54)c3)c3ccccc3cc2c1. The van der Waals surface area contributed by atoms with Gasteiger partial charge in [-0.05, 0) is 78.5 Å². The van der Waals surface area contributed by atoms with E-state index < -0.39 is 0 Å². The van der Waals surface area contributed by atoms with Gasteiger partial charge in [-0.3, -0.25) is 9.97 Å². The van der Waals surface area contributed by atoms with Gasteiger partial charge >= 0.3 is 0 Å². The molecule has 2 heterocycles. The van der Waals surface area contributed by atoms with Gasteiger partial charge < -0.3 is 0 Å². The molecule has 0 unspecified atom stereocenters. The van der Waals surface area contributed by atoms with E-state index in [4.69, 9.17) is 9.97 Å². The van der Waals surface area contributed by atoms with Crippen LogP contribution in [0.1, 0.15) is 0 Å². The van der Waals surface area contributed by atoms with Gasteiger partial charge in [-0.2, -0.15) is 0 Å². The third kappa shape index (κ3) is 3.45. The van der Waals surface area contributed by atoms with Crippen LogP contribution < -0.4 is 0 Å². The maximum atomic E-state index is 5.04. The molecule has 2 nitrogen and oxygen atoms in total. The zero-order valence-corrected chi connectivity index (χ0v) is 22.8. The Balaban J connectivity index is 1.25. The molecule has 0 aliphatic rings. The lowest BCUT2D eigenvalue weighted by Gasteiger charge is -2.14. The highest BCUT2D eigenvalue weighted by atomic mass is 14.7. The highest BCUT2D eigenvalue weighted by Gasteiger charge is 2.14. The summed E-state index contributed by atoms with van der Waals surface area (Å²) >= 11 is 0. The Bertz CT molecular complexity index is 2240. The third-order valence-electron chi connectivity index (χ3n) is 8.62. The van der Waals surface area contributed by atoms with Crippen molar-refractivity contribution in [2.24, 2.45) is 0 Å². The zero-order chi connectivity index (χ0) is 27.6. The van der Waals surface area contributed by atoms with Gasteiger partial charge in [-0.15, -0.1) is 0 Å². The molecule has 0 N–H and O–H groups in total. The van der Waals surface area contributed by atoms with Gasteiger partial charge in [0.2, 0.25) is 0 Å². The van der Waals surface area contributed by atoms with Crippen LogP contribution in [0.15, 0.2) is 146 Å². The predicted molar refractivity (Wildman–Crippen MR) is 178 cm³/mol. The van der Waals surface area contributed by atoms with E-state index >= 15 is 0 Å². The van der Waals surface area contributed by atoms with Gasteiger partial charge in [0, 0.05) is 34.3 Å². The van der Waals surface area contributed by atoms with Crippen molar-refractivity contribution in [3.63, 3.8) is 0 Å². The molecule has 9 rings (SSSR count). The van der Waals surface area contributed by atoms with Crippen molar-refractivity contribution >= 4 is 64.9 Å². The Morgan fingerprint density at radius 1 is 0.310 bits per heavy atom. The molecule has 0 saturated carbocycles. The third-order valence-corrected chi connectivity index (χ3v) is 8.62. The molecule has 0 saturated heterocycles. The predicted octanol–water partition coefficient (Wildman–Crippen LogP) is 10.7. The second-order valence-corrected chi connectivity index (χ2v) is 11.0. The molecule has 0 amide bonds. The van der Waals surface area contributed by atoms with Crippen LogP contribution in [0.3, 0.4) is 0 Å². The Morgan fingerprint density at radius 3 is 1.00 bits per heavy atom. The summed E-state index contributed by atoms with van der Waals surface area (Å²) in [6.07, 6.45) is 4.04. The molecule has 42 heavy (non-hydrogen) atoms. The molecule has 0 aliphatic heterocycles. The van der Waals surface area contributed by atoms with Crippen LogP contribution >= 0.6 is 0 Å². The highest BCUT2D eigenvalue weighted by Crippen LogP contribution is 2.39. The lowest BCUT2D eigenvalue weighted by Crippen LogP contribution is -1.91. The number of nitrogens with zero attached hydrogens (tertiary/aromatic N) is 2. The normalized spacial score (nSPS) is 11.8. The first-order chi connectivity index (χ1) is 20.8. The molecule has 0 aliphatic carbocycles. The monoisotopic (exact) mass is 532 g/mol. The number of hydrogen-bond donors (Lipinski definition) is 0. The van der Waals surface area contributed by atoms with E-state index in [2.05, 4.69) is 133 Å². The van der Waals surface area contributed by atoms with E-state index in [9.17, 15) is 0 Å². The van der Waals surface area contributed by atoms with Crippen molar-refractivity contribution in [3.8, 4) is 22.3 Å².